The summed E-state index contributed by atoms with van der Waals surface area (Å²) in [5, 5.41) is 3.44. The first-order chi connectivity index (χ1) is 8.62. The van der Waals surface area contributed by atoms with E-state index in [1.165, 1.54) is 12.8 Å². The molecule has 2 rings (SSSR count). The monoisotopic (exact) mass is 274 g/mol. The van der Waals surface area contributed by atoms with Crippen LogP contribution in [0.15, 0.2) is 0 Å². The van der Waals surface area contributed by atoms with Crippen LogP contribution in [0.3, 0.4) is 0 Å². The summed E-state index contributed by atoms with van der Waals surface area (Å²) in [5.74, 6) is 0.774. The maximum Gasteiger partial charge on any atom is 0.151 e. The van der Waals surface area contributed by atoms with Crippen molar-refractivity contribution in [3.05, 3.63) is 0 Å². The Balaban J connectivity index is 2.03. The highest BCUT2D eigenvalue weighted by molar-refractivity contribution is 7.91. The molecule has 2 heterocycles. The predicted octanol–water partition coefficient (Wildman–Crippen LogP) is 1.03. The molecule has 0 spiro atoms. The van der Waals surface area contributed by atoms with Crippen molar-refractivity contribution in [2.75, 3.05) is 31.1 Å². The third kappa shape index (κ3) is 3.68. The predicted molar refractivity (Wildman–Crippen MR) is 74.6 cm³/mol. The summed E-state index contributed by atoms with van der Waals surface area (Å²) >= 11 is 0. The van der Waals surface area contributed by atoms with Gasteiger partial charge in [0.05, 0.1) is 11.5 Å². The zero-order valence-electron chi connectivity index (χ0n) is 11.4. The molecular formula is C13H26N2O2S. The minimum atomic E-state index is -2.80. The second-order valence-electron chi connectivity index (χ2n) is 5.65. The van der Waals surface area contributed by atoms with Crippen LogP contribution < -0.4 is 5.32 Å². The van der Waals surface area contributed by atoms with Gasteiger partial charge in [0.15, 0.2) is 9.84 Å². The highest BCUT2D eigenvalue weighted by atomic mass is 32.2. The Morgan fingerprint density at radius 2 is 2.00 bits per heavy atom. The third-order valence-electron chi connectivity index (χ3n) is 4.13. The van der Waals surface area contributed by atoms with Crippen LogP contribution >= 0.6 is 0 Å². The Labute approximate surface area is 111 Å². The average Bonchev–Trinajstić information content (AvgIpc) is 2.36. The fourth-order valence-electron chi connectivity index (χ4n) is 3.30. The molecule has 2 fully saturated rings. The van der Waals surface area contributed by atoms with E-state index >= 15 is 0 Å². The summed E-state index contributed by atoms with van der Waals surface area (Å²) in [7, 11) is -2.80. The standard InChI is InChI=1S/C13H26N2O2S/c1-2-8-15(12-5-3-7-14-10-12)13-6-4-9-18(16,17)11-13/h12-14H,2-11H2,1H3. The lowest BCUT2D eigenvalue weighted by molar-refractivity contribution is 0.114. The molecule has 0 aromatic heterocycles. The van der Waals surface area contributed by atoms with Gasteiger partial charge in [-0.15, -0.1) is 0 Å². The highest BCUT2D eigenvalue weighted by Gasteiger charge is 2.32. The molecule has 0 saturated carbocycles. The largest absolute Gasteiger partial charge is 0.315 e. The molecule has 2 aliphatic rings. The molecule has 0 aromatic rings. The first-order valence-electron chi connectivity index (χ1n) is 7.29. The average molecular weight is 274 g/mol. The van der Waals surface area contributed by atoms with Crippen molar-refractivity contribution in [3.63, 3.8) is 0 Å². The first kappa shape index (κ1) is 14.3. The van der Waals surface area contributed by atoms with E-state index in [0.717, 1.165) is 38.9 Å². The van der Waals surface area contributed by atoms with Crippen molar-refractivity contribution in [1.29, 1.82) is 0 Å². The Morgan fingerprint density at radius 3 is 2.61 bits per heavy atom. The summed E-state index contributed by atoms with van der Waals surface area (Å²) < 4.78 is 23.6. The summed E-state index contributed by atoms with van der Waals surface area (Å²) in [4.78, 5) is 2.48. The normalized spacial score (nSPS) is 32.6. The molecule has 2 aliphatic heterocycles. The fraction of sp³-hybridized carbons (Fsp3) is 1.00. The molecule has 5 heteroatoms. The van der Waals surface area contributed by atoms with Gasteiger partial charge in [-0.25, -0.2) is 8.42 Å². The molecule has 0 aliphatic carbocycles. The lowest BCUT2D eigenvalue weighted by atomic mass is 10.0. The van der Waals surface area contributed by atoms with Crippen LogP contribution in [-0.4, -0.2) is 56.5 Å². The summed E-state index contributed by atoms with van der Waals surface area (Å²) in [6, 6.07) is 0.797. The molecule has 2 unspecified atom stereocenters. The van der Waals surface area contributed by atoms with Crippen LogP contribution in [0.1, 0.15) is 39.0 Å². The highest BCUT2D eigenvalue weighted by Crippen LogP contribution is 2.22. The Morgan fingerprint density at radius 1 is 1.22 bits per heavy atom. The minimum absolute atomic E-state index is 0.258. The molecule has 2 atom stereocenters. The maximum absolute atomic E-state index is 11.8. The molecule has 18 heavy (non-hydrogen) atoms. The molecule has 0 aromatic carbocycles. The number of hydrogen-bond donors (Lipinski definition) is 1. The zero-order chi connectivity index (χ0) is 13.0. The van der Waals surface area contributed by atoms with Crippen molar-refractivity contribution in [1.82, 2.24) is 10.2 Å². The molecular weight excluding hydrogens is 248 g/mol. The molecule has 1 N–H and O–H groups in total. The number of nitrogens with zero attached hydrogens (tertiary/aromatic N) is 1. The van der Waals surface area contributed by atoms with Crippen LogP contribution in [0.2, 0.25) is 0 Å². The number of rotatable bonds is 4. The van der Waals surface area contributed by atoms with Gasteiger partial charge in [-0.05, 0) is 45.2 Å². The van der Waals surface area contributed by atoms with Crippen molar-refractivity contribution in [2.45, 2.75) is 51.1 Å². The van der Waals surface area contributed by atoms with Gasteiger partial charge < -0.3 is 5.32 Å². The van der Waals surface area contributed by atoms with Gasteiger partial charge in [-0.2, -0.15) is 0 Å². The number of piperidine rings is 1. The molecule has 106 valence electrons. The van der Waals surface area contributed by atoms with E-state index in [1.54, 1.807) is 0 Å². The van der Waals surface area contributed by atoms with Crippen LogP contribution in [0.25, 0.3) is 0 Å². The van der Waals surface area contributed by atoms with E-state index in [2.05, 4.69) is 17.1 Å². The van der Waals surface area contributed by atoms with Crippen LogP contribution in [0.4, 0.5) is 0 Å². The maximum atomic E-state index is 11.8. The van der Waals surface area contributed by atoms with E-state index in [0.29, 0.717) is 17.5 Å². The van der Waals surface area contributed by atoms with Gasteiger partial charge in [-0.3, -0.25) is 4.90 Å². The van der Waals surface area contributed by atoms with E-state index in [9.17, 15) is 8.42 Å². The molecule has 4 nitrogen and oxygen atoms in total. The second-order valence-corrected chi connectivity index (χ2v) is 7.88. The van der Waals surface area contributed by atoms with Crippen LogP contribution in [0.5, 0.6) is 0 Å². The van der Waals surface area contributed by atoms with Crippen molar-refractivity contribution in [2.24, 2.45) is 0 Å². The van der Waals surface area contributed by atoms with Crippen molar-refractivity contribution >= 4 is 9.84 Å². The van der Waals surface area contributed by atoms with Gasteiger partial charge in [0.2, 0.25) is 0 Å². The molecule has 0 bridgehead atoms. The Hall–Kier alpha value is -0.130. The van der Waals surface area contributed by atoms with Gasteiger partial charge in [0.25, 0.3) is 0 Å². The van der Waals surface area contributed by atoms with Gasteiger partial charge in [0.1, 0.15) is 0 Å². The Kier molecular flexibility index (Phi) is 5.04. The SMILES string of the molecule is CCCN(C1CCCNC1)C1CCCS(=O)(=O)C1. The molecule has 2 saturated heterocycles. The first-order valence-corrected chi connectivity index (χ1v) is 9.11. The van der Waals surface area contributed by atoms with E-state index in [4.69, 9.17) is 0 Å². The van der Waals surface area contributed by atoms with Crippen molar-refractivity contribution in [3.8, 4) is 0 Å². The van der Waals surface area contributed by atoms with Gasteiger partial charge in [0, 0.05) is 18.6 Å². The third-order valence-corrected chi connectivity index (χ3v) is 5.93. The van der Waals surface area contributed by atoms with E-state index in [1.807, 2.05) is 0 Å². The number of sulfone groups is 1. The molecule has 0 radical (unpaired) electrons. The lowest BCUT2D eigenvalue weighted by Crippen LogP contribution is -2.53. The quantitative estimate of drug-likeness (QED) is 0.832. The topological polar surface area (TPSA) is 49.4 Å². The fourth-order valence-corrected chi connectivity index (χ4v) is 5.02. The van der Waals surface area contributed by atoms with E-state index in [-0.39, 0.29) is 6.04 Å². The number of hydrogen-bond acceptors (Lipinski definition) is 4. The van der Waals surface area contributed by atoms with Gasteiger partial charge in [-0.1, -0.05) is 6.92 Å². The molecule has 0 amide bonds. The summed E-state index contributed by atoms with van der Waals surface area (Å²) in [6.07, 6.45) is 5.42. The van der Waals surface area contributed by atoms with Crippen molar-refractivity contribution < 1.29 is 8.42 Å². The number of nitrogens with one attached hydrogen (secondary N) is 1. The Bertz CT molecular complexity index is 350. The van der Waals surface area contributed by atoms with E-state index < -0.39 is 9.84 Å². The summed E-state index contributed by atoms with van der Waals surface area (Å²) in [6.45, 7) is 5.35. The van der Waals surface area contributed by atoms with Gasteiger partial charge >= 0.3 is 0 Å². The second kappa shape index (κ2) is 6.35. The zero-order valence-corrected chi connectivity index (χ0v) is 12.2. The minimum Gasteiger partial charge on any atom is -0.315 e. The smallest absolute Gasteiger partial charge is 0.151 e. The van der Waals surface area contributed by atoms with Crippen LogP contribution in [-0.2, 0) is 9.84 Å². The summed E-state index contributed by atoms with van der Waals surface area (Å²) in [5.41, 5.74) is 0. The lowest BCUT2D eigenvalue weighted by Gasteiger charge is -2.41. The van der Waals surface area contributed by atoms with Crippen LogP contribution in [0, 0.1) is 0 Å².